The second-order valence-corrected chi connectivity index (χ2v) is 6.06. The van der Waals surface area contributed by atoms with Crippen molar-refractivity contribution in [2.75, 3.05) is 19.7 Å². The van der Waals surface area contributed by atoms with Crippen molar-refractivity contribution < 1.29 is 9.53 Å². The van der Waals surface area contributed by atoms with E-state index >= 15 is 0 Å². The topological polar surface area (TPSA) is 41.6 Å². The van der Waals surface area contributed by atoms with E-state index in [0.717, 1.165) is 19.3 Å². The van der Waals surface area contributed by atoms with Crippen molar-refractivity contribution in [2.24, 2.45) is 0 Å². The van der Waals surface area contributed by atoms with Gasteiger partial charge >= 0.3 is 6.03 Å². The van der Waals surface area contributed by atoms with Crippen molar-refractivity contribution in [3.8, 4) is 0 Å². The van der Waals surface area contributed by atoms with Gasteiger partial charge in [0.05, 0.1) is 12.7 Å². The zero-order valence-electron chi connectivity index (χ0n) is 12.5. The molecule has 1 aliphatic heterocycles. The van der Waals surface area contributed by atoms with Crippen LogP contribution in [0.15, 0.2) is 30.3 Å². The Morgan fingerprint density at radius 3 is 2.76 bits per heavy atom. The molecule has 0 bridgehead atoms. The molecule has 1 aromatic carbocycles. The summed E-state index contributed by atoms with van der Waals surface area (Å²) >= 11 is 0. The highest BCUT2D eigenvalue weighted by Crippen LogP contribution is 2.18. The predicted octanol–water partition coefficient (Wildman–Crippen LogP) is 2.58. The molecular weight excluding hydrogens is 264 g/mol. The summed E-state index contributed by atoms with van der Waals surface area (Å²) in [4.78, 5) is 14.2. The quantitative estimate of drug-likeness (QED) is 0.929. The number of nitrogens with zero attached hydrogens (tertiary/aromatic N) is 1. The highest BCUT2D eigenvalue weighted by Gasteiger charge is 2.26. The molecule has 4 nitrogen and oxygen atoms in total. The number of benzene rings is 1. The normalized spacial score (nSPS) is 23.2. The molecular formula is C17H24N2O2. The minimum atomic E-state index is 0.0864. The largest absolute Gasteiger partial charge is 0.374 e. The zero-order chi connectivity index (χ0) is 14.5. The summed E-state index contributed by atoms with van der Waals surface area (Å²) < 4.78 is 5.81. The standard InChI is InChI=1S/C17H24N2O2/c20-17(18-15-8-4-5-9-15)19-10-11-21-16(13-19)12-14-6-2-1-3-7-14/h1-3,6-7,15-16H,4-5,8-13H2,(H,18,20). The third-order valence-electron chi connectivity index (χ3n) is 4.41. The number of urea groups is 1. The van der Waals surface area contributed by atoms with Crippen LogP contribution in [0.4, 0.5) is 4.79 Å². The fourth-order valence-corrected chi connectivity index (χ4v) is 3.24. The molecule has 1 atom stereocenters. The van der Waals surface area contributed by atoms with E-state index in [1.807, 2.05) is 23.1 Å². The molecule has 0 radical (unpaired) electrons. The first-order valence-electron chi connectivity index (χ1n) is 8.02. The number of morpholine rings is 1. The number of rotatable bonds is 3. The molecule has 1 heterocycles. The average molecular weight is 288 g/mol. The number of hydrogen-bond donors (Lipinski definition) is 1. The maximum atomic E-state index is 12.3. The van der Waals surface area contributed by atoms with Crippen molar-refractivity contribution in [1.29, 1.82) is 0 Å². The molecule has 0 spiro atoms. The fourth-order valence-electron chi connectivity index (χ4n) is 3.24. The molecule has 1 aliphatic carbocycles. The van der Waals surface area contributed by atoms with Gasteiger partial charge in [0.25, 0.3) is 0 Å². The van der Waals surface area contributed by atoms with Gasteiger partial charge < -0.3 is 15.0 Å². The van der Waals surface area contributed by atoms with E-state index in [2.05, 4.69) is 17.4 Å². The van der Waals surface area contributed by atoms with E-state index in [1.165, 1.54) is 18.4 Å². The zero-order valence-corrected chi connectivity index (χ0v) is 12.5. The number of nitrogens with one attached hydrogen (secondary N) is 1. The second kappa shape index (κ2) is 6.94. The van der Waals surface area contributed by atoms with Crippen molar-refractivity contribution in [3.63, 3.8) is 0 Å². The van der Waals surface area contributed by atoms with Crippen LogP contribution in [0.2, 0.25) is 0 Å². The first-order valence-corrected chi connectivity index (χ1v) is 8.02. The molecule has 1 N–H and O–H groups in total. The van der Waals surface area contributed by atoms with Gasteiger partial charge in [-0.25, -0.2) is 4.79 Å². The molecule has 3 rings (SSSR count). The monoisotopic (exact) mass is 288 g/mol. The Hall–Kier alpha value is -1.55. The maximum Gasteiger partial charge on any atom is 0.317 e. The second-order valence-electron chi connectivity index (χ2n) is 6.06. The summed E-state index contributed by atoms with van der Waals surface area (Å²) in [6, 6.07) is 10.8. The molecule has 1 unspecified atom stereocenters. The SMILES string of the molecule is O=C(NC1CCCC1)N1CCOC(Cc2ccccc2)C1. The van der Waals surface area contributed by atoms with E-state index in [9.17, 15) is 4.79 Å². The summed E-state index contributed by atoms with van der Waals surface area (Å²) in [6.07, 6.45) is 5.71. The lowest BCUT2D eigenvalue weighted by Crippen LogP contribution is -2.51. The van der Waals surface area contributed by atoms with Gasteiger partial charge in [0.15, 0.2) is 0 Å². The first-order chi connectivity index (χ1) is 10.3. The van der Waals surface area contributed by atoms with Crippen LogP contribution in [0.5, 0.6) is 0 Å². The molecule has 21 heavy (non-hydrogen) atoms. The Morgan fingerprint density at radius 1 is 1.24 bits per heavy atom. The van der Waals surface area contributed by atoms with Gasteiger partial charge in [0.1, 0.15) is 0 Å². The third-order valence-corrected chi connectivity index (χ3v) is 4.41. The lowest BCUT2D eigenvalue weighted by Gasteiger charge is -2.33. The van der Waals surface area contributed by atoms with Gasteiger partial charge in [-0.15, -0.1) is 0 Å². The minimum absolute atomic E-state index is 0.0864. The number of ether oxygens (including phenoxy) is 1. The van der Waals surface area contributed by atoms with Crippen LogP contribution < -0.4 is 5.32 Å². The van der Waals surface area contributed by atoms with E-state index in [0.29, 0.717) is 25.7 Å². The predicted molar refractivity (Wildman–Crippen MR) is 82.2 cm³/mol. The summed E-state index contributed by atoms with van der Waals surface area (Å²) in [7, 11) is 0. The molecule has 4 heteroatoms. The summed E-state index contributed by atoms with van der Waals surface area (Å²) in [5.74, 6) is 0. The molecule has 0 aromatic heterocycles. The van der Waals surface area contributed by atoms with Crippen molar-refractivity contribution in [2.45, 2.75) is 44.2 Å². The molecule has 114 valence electrons. The maximum absolute atomic E-state index is 12.3. The summed E-state index contributed by atoms with van der Waals surface area (Å²) in [5.41, 5.74) is 1.26. The third kappa shape index (κ3) is 3.97. The van der Waals surface area contributed by atoms with Gasteiger partial charge in [-0.1, -0.05) is 43.2 Å². The number of amides is 2. The van der Waals surface area contributed by atoms with Gasteiger partial charge in [-0.3, -0.25) is 0 Å². The van der Waals surface area contributed by atoms with Crippen LogP contribution in [0.25, 0.3) is 0 Å². The van der Waals surface area contributed by atoms with Crippen molar-refractivity contribution in [1.82, 2.24) is 10.2 Å². The Morgan fingerprint density at radius 2 is 2.00 bits per heavy atom. The Kier molecular flexibility index (Phi) is 4.76. The van der Waals surface area contributed by atoms with Crippen LogP contribution in [-0.4, -0.2) is 42.8 Å². The Labute approximate surface area is 126 Å². The first kappa shape index (κ1) is 14.4. The number of hydrogen-bond acceptors (Lipinski definition) is 2. The van der Waals surface area contributed by atoms with Crippen LogP contribution in [0.3, 0.4) is 0 Å². The van der Waals surface area contributed by atoms with Crippen molar-refractivity contribution in [3.05, 3.63) is 35.9 Å². The van der Waals surface area contributed by atoms with Crippen LogP contribution in [0.1, 0.15) is 31.2 Å². The van der Waals surface area contributed by atoms with Gasteiger partial charge in [-0.2, -0.15) is 0 Å². The lowest BCUT2D eigenvalue weighted by molar-refractivity contribution is -0.0136. The van der Waals surface area contributed by atoms with Gasteiger partial charge in [-0.05, 0) is 18.4 Å². The van der Waals surface area contributed by atoms with Gasteiger partial charge in [0, 0.05) is 25.6 Å². The summed E-state index contributed by atoms with van der Waals surface area (Å²) in [5, 5.41) is 3.16. The van der Waals surface area contributed by atoms with Crippen molar-refractivity contribution >= 4 is 6.03 Å². The van der Waals surface area contributed by atoms with E-state index in [-0.39, 0.29) is 12.1 Å². The smallest absolute Gasteiger partial charge is 0.317 e. The van der Waals surface area contributed by atoms with E-state index < -0.39 is 0 Å². The molecule has 1 saturated heterocycles. The highest BCUT2D eigenvalue weighted by molar-refractivity contribution is 5.74. The van der Waals surface area contributed by atoms with Gasteiger partial charge in [0.2, 0.25) is 0 Å². The summed E-state index contributed by atoms with van der Waals surface area (Å²) in [6.45, 7) is 2.02. The molecule has 1 saturated carbocycles. The van der Waals surface area contributed by atoms with Crippen LogP contribution in [0, 0.1) is 0 Å². The van der Waals surface area contributed by atoms with E-state index in [1.54, 1.807) is 0 Å². The molecule has 2 amide bonds. The average Bonchev–Trinajstić information content (AvgIpc) is 3.01. The minimum Gasteiger partial charge on any atom is -0.374 e. The number of carbonyl (C=O) groups is 1. The molecule has 2 fully saturated rings. The van der Waals surface area contributed by atoms with Crippen LogP contribution in [-0.2, 0) is 11.2 Å². The van der Waals surface area contributed by atoms with Crippen LogP contribution >= 0.6 is 0 Å². The molecule has 1 aromatic rings. The molecule has 2 aliphatic rings. The lowest BCUT2D eigenvalue weighted by atomic mass is 10.1. The van der Waals surface area contributed by atoms with E-state index in [4.69, 9.17) is 4.74 Å². The fraction of sp³-hybridized carbons (Fsp3) is 0.588. The Bertz CT molecular complexity index is 457. The Balaban J connectivity index is 1.51. The number of carbonyl (C=O) groups excluding carboxylic acids is 1. The highest BCUT2D eigenvalue weighted by atomic mass is 16.5.